The first kappa shape index (κ1) is 7.56. The third-order valence-corrected chi connectivity index (χ3v) is 3.00. The van der Waals surface area contributed by atoms with E-state index in [2.05, 4.69) is 15.7 Å². The van der Waals surface area contributed by atoms with Gasteiger partial charge in [-0.3, -0.25) is 0 Å². The van der Waals surface area contributed by atoms with Crippen LogP contribution >= 0.6 is 0 Å². The zero-order valence-corrected chi connectivity index (χ0v) is 7.61. The lowest BCUT2D eigenvalue weighted by atomic mass is 10.1. The van der Waals surface area contributed by atoms with Gasteiger partial charge < -0.3 is 9.67 Å². The van der Waals surface area contributed by atoms with Crippen molar-refractivity contribution >= 4 is 0 Å². The Kier molecular flexibility index (Phi) is 1.50. The molecule has 2 heterocycles. The lowest BCUT2D eigenvalue weighted by Crippen LogP contribution is -2.14. The van der Waals surface area contributed by atoms with Crippen molar-refractivity contribution in [2.45, 2.75) is 44.2 Å². The summed E-state index contributed by atoms with van der Waals surface area (Å²) in [5, 5.41) is 9.69. The van der Waals surface area contributed by atoms with Crippen LogP contribution in [0, 0.1) is 0 Å². The van der Waals surface area contributed by atoms with Crippen LogP contribution in [0.1, 0.15) is 49.2 Å². The van der Waals surface area contributed by atoms with Gasteiger partial charge in [0, 0.05) is 18.7 Å². The largest absolute Gasteiger partial charge is 0.385 e. The van der Waals surface area contributed by atoms with Crippen molar-refractivity contribution in [3.05, 3.63) is 17.7 Å². The van der Waals surface area contributed by atoms with Crippen molar-refractivity contribution in [1.29, 1.82) is 0 Å². The molecule has 0 bridgehead atoms. The average molecular weight is 178 g/mol. The Hall–Kier alpha value is -0.830. The SMILES string of the molecule is O[C@@H]1CCCn2cc(C3CC3)nc21. The summed E-state index contributed by atoms with van der Waals surface area (Å²) in [6.45, 7) is 1.03. The molecular weight excluding hydrogens is 164 g/mol. The average Bonchev–Trinajstić information content (AvgIpc) is 2.87. The van der Waals surface area contributed by atoms with E-state index in [9.17, 15) is 5.11 Å². The van der Waals surface area contributed by atoms with Gasteiger partial charge in [-0.05, 0) is 25.7 Å². The maximum absolute atomic E-state index is 9.69. The molecule has 3 nitrogen and oxygen atoms in total. The number of aliphatic hydroxyl groups is 1. The number of hydrogen-bond acceptors (Lipinski definition) is 2. The first-order valence-electron chi connectivity index (χ1n) is 5.09. The zero-order chi connectivity index (χ0) is 8.84. The first-order valence-corrected chi connectivity index (χ1v) is 5.09. The number of aliphatic hydroxyl groups excluding tert-OH is 1. The van der Waals surface area contributed by atoms with Crippen LogP contribution in [0.5, 0.6) is 0 Å². The molecule has 13 heavy (non-hydrogen) atoms. The molecule has 0 amide bonds. The van der Waals surface area contributed by atoms with Crippen molar-refractivity contribution in [2.75, 3.05) is 0 Å². The van der Waals surface area contributed by atoms with Crippen molar-refractivity contribution in [2.24, 2.45) is 0 Å². The van der Waals surface area contributed by atoms with Crippen LogP contribution in [-0.2, 0) is 6.54 Å². The molecule has 3 rings (SSSR count). The topological polar surface area (TPSA) is 38.0 Å². The molecule has 1 saturated carbocycles. The highest BCUT2D eigenvalue weighted by molar-refractivity contribution is 5.16. The second-order valence-electron chi connectivity index (χ2n) is 4.15. The predicted octanol–water partition coefficient (Wildman–Crippen LogP) is 1.59. The Bertz CT molecular complexity index is 328. The third kappa shape index (κ3) is 1.18. The monoisotopic (exact) mass is 178 g/mol. The summed E-state index contributed by atoms with van der Waals surface area (Å²) in [5.41, 5.74) is 1.20. The summed E-state index contributed by atoms with van der Waals surface area (Å²) in [6, 6.07) is 0. The smallest absolute Gasteiger partial charge is 0.137 e. The molecule has 70 valence electrons. The van der Waals surface area contributed by atoms with Crippen LogP contribution in [0.25, 0.3) is 0 Å². The molecule has 0 spiro atoms. The number of rotatable bonds is 1. The summed E-state index contributed by atoms with van der Waals surface area (Å²) in [6.07, 6.45) is 6.34. The minimum absolute atomic E-state index is 0.318. The van der Waals surface area contributed by atoms with Crippen molar-refractivity contribution in [3.63, 3.8) is 0 Å². The van der Waals surface area contributed by atoms with Crippen LogP contribution in [0.4, 0.5) is 0 Å². The first-order chi connectivity index (χ1) is 6.34. The lowest BCUT2D eigenvalue weighted by Gasteiger charge is -2.18. The van der Waals surface area contributed by atoms with Crippen LogP contribution in [0.15, 0.2) is 6.20 Å². The molecule has 1 aromatic rings. The van der Waals surface area contributed by atoms with Gasteiger partial charge in [0.15, 0.2) is 0 Å². The fourth-order valence-corrected chi connectivity index (χ4v) is 2.06. The van der Waals surface area contributed by atoms with Crippen LogP contribution in [0.2, 0.25) is 0 Å². The summed E-state index contributed by atoms with van der Waals surface area (Å²) >= 11 is 0. The highest BCUT2D eigenvalue weighted by atomic mass is 16.3. The van der Waals surface area contributed by atoms with Gasteiger partial charge in [-0.2, -0.15) is 0 Å². The van der Waals surface area contributed by atoms with Crippen LogP contribution < -0.4 is 0 Å². The number of hydrogen-bond donors (Lipinski definition) is 1. The molecule has 0 saturated heterocycles. The quantitative estimate of drug-likeness (QED) is 0.709. The van der Waals surface area contributed by atoms with E-state index in [-0.39, 0.29) is 6.10 Å². The Balaban J connectivity index is 1.99. The summed E-state index contributed by atoms with van der Waals surface area (Å²) in [5.74, 6) is 1.60. The van der Waals surface area contributed by atoms with E-state index >= 15 is 0 Å². The molecule has 1 aliphatic heterocycles. The van der Waals surface area contributed by atoms with Gasteiger partial charge in [-0.1, -0.05) is 0 Å². The third-order valence-electron chi connectivity index (χ3n) is 3.00. The van der Waals surface area contributed by atoms with Crippen LogP contribution in [0.3, 0.4) is 0 Å². The van der Waals surface area contributed by atoms with Crippen molar-refractivity contribution < 1.29 is 5.11 Å². The second kappa shape index (κ2) is 2.58. The molecule has 0 unspecified atom stereocenters. The van der Waals surface area contributed by atoms with E-state index in [0.29, 0.717) is 5.92 Å². The Labute approximate surface area is 77.4 Å². The van der Waals surface area contributed by atoms with Crippen molar-refractivity contribution in [1.82, 2.24) is 9.55 Å². The predicted molar refractivity (Wildman–Crippen MR) is 48.4 cm³/mol. The van der Waals surface area contributed by atoms with E-state index in [1.807, 2.05) is 0 Å². The maximum atomic E-state index is 9.69. The highest BCUT2D eigenvalue weighted by Gasteiger charge is 2.29. The van der Waals surface area contributed by atoms with Gasteiger partial charge in [-0.15, -0.1) is 0 Å². The zero-order valence-electron chi connectivity index (χ0n) is 7.61. The Morgan fingerprint density at radius 1 is 1.38 bits per heavy atom. The maximum Gasteiger partial charge on any atom is 0.137 e. The van der Waals surface area contributed by atoms with E-state index in [1.54, 1.807) is 0 Å². The standard InChI is InChI=1S/C10H14N2O/c13-9-2-1-5-12-6-8(7-3-4-7)11-10(9)12/h6-7,9,13H,1-5H2/t9-/m1/s1. The Morgan fingerprint density at radius 2 is 2.23 bits per heavy atom. The number of imidazole rings is 1. The van der Waals surface area contributed by atoms with Crippen molar-refractivity contribution in [3.8, 4) is 0 Å². The van der Waals surface area contributed by atoms with Gasteiger partial charge >= 0.3 is 0 Å². The Morgan fingerprint density at radius 3 is 2.92 bits per heavy atom. The van der Waals surface area contributed by atoms with E-state index < -0.39 is 0 Å². The molecule has 1 atom stereocenters. The number of aromatic nitrogens is 2. The normalized spacial score (nSPS) is 27.3. The summed E-state index contributed by atoms with van der Waals surface area (Å²) < 4.78 is 2.13. The molecule has 1 fully saturated rings. The second-order valence-corrected chi connectivity index (χ2v) is 4.15. The van der Waals surface area contributed by atoms with Gasteiger partial charge in [0.25, 0.3) is 0 Å². The molecule has 0 aromatic carbocycles. The lowest BCUT2D eigenvalue weighted by molar-refractivity contribution is 0.133. The van der Waals surface area contributed by atoms with Gasteiger partial charge in [0.2, 0.25) is 0 Å². The fraction of sp³-hybridized carbons (Fsp3) is 0.700. The summed E-state index contributed by atoms with van der Waals surface area (Å²) in [7, 11) is 0. The molecule has 0 radical (unpaired) electrons. The molecular formula is C10H14N2O. The molecule has 1 aliphatic carbocycles. The number of nitrogens with zero attached hydrogens (tertiary/aromatic N) is 2. The van der Waals surface area contributed by atoms with Gasteiger partial charge in [0.1, 0.15) is 11.9 Å². The van der Waals surface area contributed by atoms with Crippen LogP contribution in [-0.4, -0.2) is 14.7 Å². The molecule has 3 heteroatoms. The van der Waals surface area contributed by atoms with E-state index in [0.717, 1.165) is 25.2 Å². The van der Waals surface area contributed by atoms with E-state index in [1.165, 1.54) is 18.5 Å². The highest BCUT2D eigenvalue weighted by Crippen LogP contribution is 2.40. The van der Waals surface area contributed by atoms with Gasteiger partial charge in [0.05, 0.1) is 5.69 Å². The summed E-state index contributed by atoms with van der Waals surface area (Å²) in [4.78, 5) is 4.51. The van der Waals surface area contributed by atoms with E-state index in [4.69, 9.17) is 0 Å². The number of aryl methyl sites for hydroxylation is 1. The molecule has 1 aromatic heterocycles. The minimum Gasteiger partial charge on any atom is -0.385 e. The minimum atomic E-state index is -0.318. The number of fused-ring (bicyclic) bond motifs is 1. The molecule has 2 aliphatic rings. The molecule has 1 N–H and O–H groups in total. The van der Waals surface area contributed by atoms with Gasteiger partial charge in [-0.25, -0.2) is 4.98 Å². The fourth-order valence-electron chi connectivity index (χ4n) is 2.06.